The molecule has 5 rings (SSSR count). The smallest absolute Gasteiger partial charge is 0.227 e. The van der Waals surface area contributed by atoms with Crippen molar-refractivity contribution in [3.8, 4) is 0 Å². The minimum atomic E-state index is -0.419. The van der Waals surface area contributed by atoms with E-state index in [4.69, 9.17) is 21.3 Å². The van der Waals surface area contributed by atoms with Crippen molar-refractivity contribution in [1.29, 1.82) is 0 Å². The second-order valence-corrected chi connectivity index (χ2v) is 9.57. The predicted octanol–water partition coefficient (Wildman–Crippen LogP) is 3.40. The number of rotatable bonds is 4. The van der Waals surface area contributed by atoms with Crippen LogP contribution in [0, 0.1) is 6.92 Å². The third-order valence-corrected chi connectivity index (χ3v) is 7.57. The van der Waals surface area contributed by atoms with Gasteiger partial charge in [-0.25, -0.2) is 9.97 Å². The molecule has 1 aromatic carbocycles. The van der Waals surface area contributed by atoms with Crippen molar-refractivity contribution in [2.75, 3.05) is 31.6 Å². The largest absolute Gasteiger partial charge is 0.389 e. The SMILES string of the molecule is Cc1cc2cnc(Nc3cnn(C)c3Cl)nc2cc1C1CCN(C2(C)COCC2O)CC1. The fraction of sp³-hybridized carbons (Fsp3) is 0.522. The summed E-state index contributed by atoms with van der Waals surface area (Å²) in [6, 6.07) is 4.38. The summed E-state index contributed by atoms with van der Waals surface area (Å²) in [6.07, 6.45) is 5.19. The molecule has 8 nitrogen and oxygen atoms in total. The van der Waals surface area contributed by atoms with Gasteiger partial charge in [0, 0.05) is 18.6 Å². The van der Waals surface area contributed by atoms with Gasteiger partial charge >= 0.3 is 0 Å². The van der Waals surface area contributed by atoms with Crippen LogP contribution in [0.25, 0.3) is 10.9 Å². The van der Waals surface area contributed by atoms with E-state index in [1.165, 1.54) is 11.1 Å². The van der Waals surface area contributed by atoms with Gasteiger partial charge in [-0.1, -0.05) is 11.6 Å². The van der Waals surface area contributed by atoms with E-state index in [0.29, 0.717) is 35.9 Å². The summed E-state index contributed by atoms with van der Waals surface area (Å²) in [5, 5.41) is 19.2. The molecule has 3 aromatic rings. The fourth-order valence-corrected chi connectivity index (χ4v) is 5.13. The molecule has 2 aromatic heterocycles. The van der Waals surface area contributed by atoms with Crippen molar-refractivity contribution >= 4 is 34.1 Å². The molecular formula is C23H29ClN6O2. The highest BCUT2D eigenvalue weighted by Gasteiger charge is 2.44. The maximum absolute atomic E-state index is 10.4. The van der Waals surface area contributed by atoms with Crippen molar-refractivity contribution < 1.29 is 9.84 Å². The molecule has 2 aliphatic heterocycles. The normalized spacial score (nSPS) is 25.0. The maximum atomic E-state index is 10.4. The maximum Gasteiger partial charge on any atom is 0.227 e. The summed E-state index contributed by atoms with van der Waals surface area (Å²) in [4.78, 5) is 11.6. The number of aromatic nitrogens is 4. The molecule has 32 heavy (non-hydrogen) atoms. The van der Waals surface area contributed by atoms with Gasteiger partial charge in [-0.2, -0.15) is 5.10 Å². The van der Waals surface area contributed by atoms with Crippen LogP contribution >= 0.6 is 11.6 Å². The highest BCUT2D eigenvalue weighted by atomic mass is 35.5. The number of aliphatic hydroxyl groups is 1. The van der Waals surface area contributed by atoms with E-state index in [2.05, 4.69) is 46.3 Å². The summed E-state index contributed by atoms with van der Waals surface area (Å²) < 4.78 is 7.13. The van der Waals surface area contributed by atoms with Crippen LogP contribution in [-0.2, 0) is 11.8 Å². The molecule has 2 atom stereocenters. The zero-order valence-electron chi connectivity index (χ0n) is 18.7. The van der Waals surface area contributed by atoms with Gasteiger partial charge in [-0.05, 0) is 69.0 Å². The Morgan fingerprint density at radius 3 is 2.69 bits per heavy atom. The average molecular weight is 457 g/mol. The van der Waals surface area contributed by atoms with Crippen LogP contribution in [-0.4, -0.2) is 67.7 Å². The van der Waals surface area contributed by atoms with E-state index in [1.807, 2.05) is 6.20 Å². The van der Waals surface area contributed by atoms with E-state index < -0.39 is 6.10 Å². The molecule has 9 heteroatoms. The summed E-state index contributed by atoms with van der Waals surface area (Å²) >= 11 is 6.26. The minimum absolute atomic E-state index is 0.273. The number of piperidine rings is 1. The number of fused-ring (bicyclic) bond motifs is 1. The lowest BCUT2D eigenvalue weighted by Gasteiger charge is -2.43. The number of likely N-dealkylation sites (tertiary alicyclic amines) is 1. The molecule has 2 N–H and O–H groups in total. The van der Waals surface area contributed by atoms with Gasteiger partial charge in [0.05, 0.1) is 42.3 Å². The van der Waals surface area contributed by atoms with Crippen molar-refractivity contribution in [2.24, 2.45) is 7.05 Å². The molecular weight excluding hydrogens is 428 g/mol. The first-order valence-corrected chi connectivity index (χ1v) is 11.5. The second kappa shape index (κ2) is 8.26. The van der Waals surface area contributed by atoms with Crippen molar-refractivity contribution in [3.05, 3.63) is 40.8 Å². The Morgan fingerprint density at radius 2 is 2.03 bits per heavy atom. The van der Waals surface area contributed by atoms with Gasteiger partial charge in [0.2, 0.25) is 5.95 Å². The Bertz CT molecular complexity index is 1140. The third kappa shape index (κ3) is 3.75. The number of nitrogens with one attached hydrogen (secondary N) is 1. The van der Waals surface area contributed by atoms with Gasteiger partial charge in [0.15, 0.2) is 0 Å². The molecule has 0 bridgehead atoms. The molecule has 170 valence electrons. The van der Waals surface area contributed by atoms with Crippen LogP contribution in [0.2, 0.25) is 5.15 Å². The molecule has 2 unspecified atom stereocenters. The van der Waals surface area contributed by atoms with Gasteiger partial charge in [-0.15, -0.1) is 0 Å². The quantitative estimate of drug-likeness (QED) is 0.622. The molecule has 2 saturated heterocycles. The number of anilines is 2. The average Bonchev–Trinajstić information content (AvgIpc) is 3.30. The topological polar surface area (TPSA) is 88.3 Å². The lowest BCUT2D eigenvalue weighted by molar-refractivity contribution is -0.00214. The predicted molar refractivity (Wildman–Crippen MR) is 125 cm³/mol. The van der Waals surface area contributed by atoms with E-state index in [1.54, 1.807) is 17.9 Å². The van der Waals surface area contributed by atoms with Crippen LogP contribution in [0.3, 0.4) is 0 Å². The molecule has 4 heterocycles. The number of benzene rings is 1. The minimum Gasteiger partial charge on any atom is -0.389 e. The number of nitrogens with zero attached hydrogens (tertiary/aromatic N) is 5. The van der Waals surface area contributed by atoms with Crippen LogP contribution < -0.4 is 5.32 Å². The summed E-state index contributed by atoms with van der Waals surface area (Å²) in [7, 11) is 1.79. The van der Waals surface area contributed by atoms with Gasteiger partial charge in [0.1, 0.15) is 5.15 Å². The van der Waals surface area contributed by atoms with E-state index in [0.717, 1.165) is 36.8 Å². The lowest BCUT2D eigenvalue weighted by atomic mass is 9.84. The first-order chi connectivity index (χ1) is 15.3. The fourth-order valence-electron chi connectivity index (χ4n) is 4.99. The molecule has 0 radical (unpaired) electrons. The van der Waals surface area contributed by atoms with Gasteiger partial charge in [-0.3, -0.25) is 9.58 Å². The van der Waals surface area contributed by atoms with Crippen LogP contribution in [0.15, 0.2) is 24.5 Å². The van der Waals surface area contributed by atoms with E-state index in [-0.39, 0.29) is 5.54 Å². The zero-order valence-corrected chi connectivity index (χ0v) is 19.4. The molecule has 2 aliphatic rings. The van der Waals surface area contributed by atoms with Crippen LogP contribution in [0.4, 0.5) is 11.6 Å². The number of halogens is 1. The highest BCUT2D eigenvalue weighted by Crippen LogP contribution is 2.36. The highest BCUT2D eigenvalue weighted by molar-refractivity contribution is 6.32. The van der Waals surface area contributed by atoms with Gasteiger partial charge in [0.25, 0.3) is 0 Å². The second-order valence-electron chi connectivity index (χ2n) is 9.21. The molecule has 2 fully saturated rings. The molecule has 0 saturated carbocycles. The third-order valence-electron chi connectivity index (χ3n) is 7.13. The Hall–Kier alpha value is -2.26. The molecule has 0 aliphatic carbocycles. The van der Waals surface area contributed by atoms with Crippen LogP contribution in [0.5, 0.6) is 0 Å². The van der Waals surface area contributed by atoms with Gasteiger partial charge < -0.3 is 15.2 Å². The Labute approximate surface area is 192 Å². The van der Waals surface area contributed by atoms with Crippen molar-refractivity contribution in [3.63, 3.8) is 0 Å². The monoisotopic (exact) mass is 456 g/mol. The Kier molecular flexibility index (Phi) is 5.57. The molecule has 0 spiro atoms. The Balaban J connectivity index is 1.36. The number of hydrogen-bond acceptors (Lipinski definition) is 7. The zero-order chi connectivity index (χ0) is 22.5. The number of aryl methyl sites for hydroxylation is 2. The van der Waals surface area contributed by atoms with E-state index in [9.17, 15) is 5.11 Å². The number of hydrogen-bond donors (Lipinski definition) is 2. The Morgan fingerprint density at radius 1 is 1.25 bits per heavy atom. The standard InChI is InChI=1S/C23H29ClN6O2/c1-14-8-16-10-25-22(28-19-11-26-29(3)21(19)24)27-18(16)9-17(14)15-4-6-30(7-5-15)23(2)13-32-12-20(23)31/h8-11,15,20,31H,4-7,12-13H2,1-3H3,(H,25,27,28). The van der Waals surface area contributed by atoms with E-state index >= 15 is 0 Å². The number of aliphatic hydroxyl groups excluding tert-OH is 1. The summed E-state index contributed by atoms with van der Waals surface area (Å²) in [6.45, 7) is 7.22. The number of ether oxygens (including phenoxy) is 1. The first-order valence-electron chi connectivity index (χ1n) is 11.1. The van der Waals surface area contributed by atoms with Crippen molar-refractivity contribution in [1.82, 2.24) is 24.6 Å². The first kappa shape index (κ1) is 21.6. The summed E-state index contributed by atoms with van der Waals surface area (Å²) in [5.74, 6) is 0.970. The van der Waals surface area contributed by atoms with Crippen molar-refractivity contribution in [2.45, 2.75) is 44.2 Å². The molecule has 0 amide bonds. The summed E-state index contributed by atoms with van der Waals surface area (Å²) in [5.41, 5.74) is 3.93. The van der Waals surface area contributed by atoms with Crippen LogP contribution in [0.1, 0.15) is 36.8 Å². The lowest BCUT2D eigenvalue weighted by Crippen LogP contribution is -2.56.